The smallest absolute Gasteiger partial charge is 0.306 e. The van der Waals surface area contributed by atoms with Crippen molar-refractivity contribution >= 4 is 17.9 Å². The highest BCUT2D eigenvalue weighted by Crippen LogP contribution is 2.18. The van der Waals surface area contributed by atoms with E-state index < -0.39 is 6.10 Å². The second-order valence-corrected chi connectivity index (χ2v) is 22.7. The first-order valence-electron chi connectivity index (χ1n) is 33.8. The molecule has 77 heavy (non-hydrogen) atoms. The van der Waals surface area contributed by atoms with Crippen LogP contribution in [0.4, 0.5) is 0 Å². The Kier molecular flexibility index (Phi) is 63.2. The van der Waals surface area contributed by atoms with Crippen molar-refractivity contribution in [2.24, 2.45) is 0 Å². The van der Waals surface area contributed by atoms with Gasteiger partial charge in [0.05, 0.1) is 0 Å². The van der Waals surface area contributed by atoms with Gasteiger partial charge in [-0.3, -0.25) is 14.4 Å². The Labute approximate surface area is 479 Å². The molecule has 1 unspecified atom stereocenters. The van der Waals surface area contributed by atoms with Gasteiger partial charge in [-0.1, -0.05) is 313 Å². The summed E-state index contributed by atoms with van der Waals surface area (Å²) in [5.74, 6) is -0.876. The lowest BCUT2D eigenvalue weighted by Crippen LogP contribution is -2.30. The van der Waals surface area contributed by atoms with E-state index in [0.717, 1.165) is 103 Å². The molecule has 0 aliphatic carbocycles. The van der Waals surface area contributed by atoms with Crippen LogP contribution in [-0.4, -0.2) is 37.2 Å². The van der Waals surface area contributed by atoms with Gasteiger partial charge in [0.15, 0.2) is 6.10 Å². The lowest BCUT2D eigenvalue weighted by atomic mass is 10.0. The molecule has 0 N–H and O–H groups in total. The fourth-order valence-electron chi connectivity index (χ4n) is 9.96. The lowest BCUT2D eigenvalue weighted by molar-refractivity contribution is -0.167. The zero-order valence-electron chi connectivity index (χ0n) is 51.5. The van der Waals surface area contributed by atoms with Gasteiger partial charge in [-0.2, -0.15) is 0 Å². The van der Waals surface area contributed by atoms with E-state index in [2.05, 4.69) is 81.5 Å². The summed E-state index contributed by atoms with van der Waals surface area (Å²) < 4.78 is 16.9. The number of esters is 3. The zero-order valence-corrected chi connectivity index (χ0v) is 51.5. The maximum Gasteiger partial charge on any atom is 0.306 e. The average molecular weight is 1080 g/mol. The molecule has 0 aromatic rings. The minimum Gasteiger partial charge on any atom is -0.462 e. The Bertz CT molecular complexity index is 1380. The van der Waals surface area contributed by atoms with E-state index in [1.807, 2.05) is 0 Å². The van der Waals surface area contributed by atoms with Gasteiger partial charge < -0.3 is 14.2 Å². The van der Waals surface area contributed by atoms with E-state index in [4.69, 9.17) is 14.2 Å². The van der Waals surface area contributed by atoms with Crippen LogP contribution in [0.1, 0.15) is 355 Å². The predicted molar refractivity (Wildman–Crippen MR) is 335 cm³/mol. The average Bonchev–Trinajstić information content (AvgIpc) is 3.43. The quantitative estimate of drug-likeness (QED) is 0.0261. The van der Waals surface area contributed by atoms with Crippen LogP contribution in [0.3, 0.4) is 0 Å². The van der Waals surface area contributed by atoms with E-state index in [-0.39, 0.29) is 31.1 Å². The third-order valence-electron chi connectivity index (χ3n) is 15.0. The topological polar surface area (TPSA) is 78.9 Å². The lowest BCUT2D eigenvalue weighted by Gasteiger charge is -2.18. The summed E-state index contributed by atoms with van der Waals surface area (Å²) in [5.41, 5.74) is 0. The van der Waals surface area contributed by atoms with Gasteiger partial charge in [-0.05, 0) is 83.5 Å². The molecule has 6 heteroatoms. The molecule has 0 amide bonds. The van der Waals surface area contributed by atoms with E-state index >= 15 is 0 Å². The Balaban J connectivity index is 4.07. The van der Waals surface area contributed by atoms with Crippen LogP contribution in [0.5, 0.6) is 0 Å². The normalized spacial score (nSPS) is 12.4. The second-order valence-electron chi connectivity index (χ2n) is 22.7. The molecular weight excluding hydrogens is 949 g/mol. The summed E-state index contributed by atoms with van der Waals surface area (Å²) in [6.07, 6.45) is 84.1. The highest BCUT2D eigenvalue weighted by molar-refractivity contribution is 5.71. The van der Waals surface area contributed by atoms with E-state index in [1.54, 1.807) is 0 Å². The van der Waals surface area contributed by atoms with Gasteiger partial charge in [0.1, 0.15) is 13.2 Å². The highest BCUT2D eigenvalue weighted by atomic mass is 16.6. The van der Waals surface area contributed by atoms with Crippen molar-refractivity contribution < 1.29 is 28.6 Å². The monoisotopic (exact) mass is 1080 g/mol. The molecule has 0 bridgehead atoms. The Hall–Kier alpha value is -2.89. The number of carbonyl (C=O) groups excluding carboxylic acids is 3. The first kappa shape index (κ1) is 74.1. The van der Waals surface area contributed by atoms with Gasteiger partial charge in [0.2, 0.25) is 0 Å². The summed E-state index contributed by atoms with van der Waals surface area (Å²) in [6, 6.07) is 0. The number of allylic oxidation sites excluding steroid dienone is 10. The zero-order chi connectivity index (χ0) is 55.7. The van der Waals surface area contributed by atoms with E-state index in [1.165, 1.54) is 212 Å². The Morgan fingerprint density at radius 3 is 0.792 bits per heavy atom. The number of unbranched alkanes of at least 4 members (excludes halogenated alkanes) is 41. The molecule has 0 radical (unpaired) electrons. The minimum absolute atomic E-state index is 0.0766. The van der Waals surface area contributed by atoms with Crippen LogP contribution >= 0.6 is 0 Å². The first-order chi connectivity index (χ1) is 38.0. The molecule has 0 aliphatic heterocycles. The molecule has 0 aliphatic rings. The number of carbonyl (C=O) groups is 3. The molecule has 448 valence electrons. The van der Waals surface area contributed by atoms with Gasteiger partial charge in [0.25, 0.3) is 0 Å². The third kappa shape index (κ3) is 63.8. The number of hydrogen-bond acceptors (Lipinski definition) is 6. The minimum atomic E-state index is -0.780. The third-order valence-corrected chi connectivity index (χ3v) is 15.0. The fourth-order valence-corrected chi connectivity index (χ4v) is 9.96. The maximum absolute atomic E-state index is 12.9. The molecule has 0 aromatic carbocycles. The van der Waals surface area contributed by atoms with Crippen LogP contribution in [-0.2, 0) is 28.6 Å². The van der Waals surface area contributed by atoms with Crippen molar-refractivity contribution in [3.63, 3.8) is 0 Å². The van der Waals surface area contributed by atoms with Crippen molar-refractivity contribution in [2.45, 2.75) is 361 Å². The van der Waals surface area contributed by atoms with Gasteiger partial charge >= 0.3 is 17.9 Å². The maximum atomic E-state index is 12.9. The molecule has 0 saturated carbocycles. The molecule has 0 spiro atoms. The Morgan fingerprint density at radius 1 is 0.273 bits per heavy atom. The largest absolute Gasteiger partial charge is 0.462 e. The van der Waals surface area contributed by atoms with Gasteiger partial charge in [0, 0.05) is 19.3 Å². The summed E-state index contributed by atoms with van der Waals surface area (Å²) in [6.45, 7) is 6.54. The van der Waals surface area contributed by atoms with Crippen LogP contribution in [0.2, 0.25) is 0 Å². The summed E-state index contributed by atoms with van der Waals surface area (Å²) in [7, 11) is 0. The standard InChI is InChI=1S/C71H128O6/c1-4-7-10-13-16-19-22-24-26-27-28-29-30-31-32-33-34-35-36-37-38-39-40-41-42-43-45-46-49-52-55-58-61-64-70(73)76-67-68(66-75-69(72)63-60-57-54-51-48-21-18-15-12-9-6-3)77-71(74)65-62-59-56-53-50-47-44-25-23-20-17-14-11-8-5-2/h8,11,17,20,22,24-25,27-28,44,68H,4-7,9-10,12-16,18-19,21,23,26,29-43,45-67H2,1-3H3/b11-8-,20-17-,24-22-,28-27-,44-25-. The van der Waals surface area contributed by atoms with Crippen molar-refractivity contribution in [2.75, 3.05) is 13.2 Å². The van der Waals surface area contributed by atoms with Crippen LogP contribution in [0, 0.1) is 0 Å². The first-order valence-corrected chi connectivity index (χ1v) is 33.8. The van der Waals surface area contributed by atoms with E-state index in [9.17, 15) is 14.4 Å². The molecule has 0 heterocycles. The molecule has 1 atom stereocenters. The number of hydrogen-bond donors (Lipinski definition) is 0. The van der Waals surface area contributed by atoms with Crippen LogP contribution < -0.4 is 0 Å². The van der Waals surface area contributed by atoms with Crippen molar-refractivity contribution in [1.29, 1.82) is 0 Å². The fraction of sp³-hybridized carbons (Fsp3) is 0.817. The van der Waals surface area contributed by atoms with Crippen LogP contribution in [0.25, 0.3) is 0 Å². The summed E-state index contributed by atoms with van der Waals surface area (Å²) in [5, 5.41) is 0. The molecule has 0 saturated heterocycles. The molecule has 0 fully saturated rings. The predicted octanol–water partition coefficient (Wildman–Crippen LogP) is 23.1. The highest BCUT2D eigenvalue weighted by Gasteiger charge is 2.19. The van der Waals surface area contributed by atoms with Gasteiger partial charge in [-0.25, -0.2) is 0 Å². The van der Waals surface area contributed by atoms with Crippen LogP contribution in [0.15, 0.2) is 60.8 Å². The molecular formula is C71H128O6. The molecule has 0 rings (SSSR count). The summed E-state index contributed by atoms with van der Waals surface area (Å²) in [4.78, 5) is 38.2. The summed E-state index contributed by atoms with van der Waals surface area (Å²) >= 11 is 0. The number of rotatable bonds is 62. The van der Waals surface area contributed by atoms with E-state index in [0.29, 0.717) is 19.3 Å². The van der Waals surface area contributed by atoms with Gasteiger partial charge in [-0.15, -0.1) is 0 Å². The number of ether oxygens (including phenoxy) is 3. The molecule has 0 aromatic heterocycles. The Morgan fingerprint density at radius 2 is 0.506 bits per heavy atom. The van der Waals surface area contributed by atoms with Crippen molar-refractivity contribution in [1.82, 2.24) is 0 Å². The molecule has 6 nitrogen and oxygen atoms in total. The van der Waals surface area contributed by atoms with Crippen molar-refractivity contribution in [3.05, 3.63) is 60.8 Å². The van der Waals surface area contributed by atoms with Crippen molar-refractivity contribution in [3.8, 4) is 0 Å². The SMILES string of the molecule is CC/C=C\C/C=C\C/C=C\CCCCCCCC(=O)OC(COC(=O)CCCCCCCCCCCCC)COC(=O)CCCCCCCCCCCCCCCCCCCCCCC/C=C\C/C=C\CCCCCCC. The second kappa shape index (κ2) is 65.6.